The predicted octanol–water partition coefficient (Wildman–Crippen LogP) is 0.339. The second-order valence-electron chi connectivity index (χ2n) is 5.48. The number of alkyl carbamates (subject to hydrolysis) is 1. The average molecular weight is 450 g/mol. The molecule has 132 valence electrons. The van der Waals surface area contributed by atoms with Crippen molar-refractivity contribution in [3.05, 3.63) is 0 Å². The fraction of sp³-hybridized carbons (Fsp3) is 0.833. The van der Waals surface area contributed by atoms with Crippen LogP contribution < -0.4 is 16.0 Å². The Balaban J connectivity index is 0. The summed E-state index contributed by atoms with van der Waals surface area (Å²) in [5.74, 6) is 0.508. The molecule has 0 aliphatic heterocycles. The van der Waals surface area contributed by atoms with Crippen LogP contribution in [0.1, 0.15) is 20.8 Å². The van der Waals surface area contributed by atoms with Crippen LogP contribution in [0, 0.1) is 0 Å². The van der Waals surface area contributed by atoms with Crippen LogP contribution >= 0.6 is 24.0 Å². The zero-order chi connectivity index (χ0) is 16.5. The average Bonchev–Trinajstić information content (AvgIpc) is 2.28. The second kappa shape index (κ2) is 10.9. The van der Waals surface area contributed by atoms with Gasteiger partial charge in [0, 0.05) is 32.9 Å². The van der Waals surface area contributed by atoms with E-state index in [4.69, 9.17) is 4.74 Å². The number of carbonyl (C=O) groups excluding carboxylic acids is 1. The van der Waals surface area contributed by atoms with Crippen LogP contribution in [0.4, 0.5) is 4.79 Å². The third-order valence-electron chi connectivity index (χ3n) is 2.07. The molecule has 0 spiro atoms. The van der Waals surface area contributed by atoms with Crippen molar-refractivity contribution in [1.29, 1.82) is 0 Å². The van der Waals surface area contributed by atoms with Crippen molar-refractivity contribution < 1.29 is 17.9 Å². The number of amides is 1. The fourth-order valence-electron chi connectivity index (χ4n) is 1.24. The molecule has 22 heavy (non-hydrogen) atoms. The number of aliphatic imine (C=N–C) groups is 1. The van der Waals surface area contributed by atoms with E-state index in [1.165, 1.54) is 6.26 Å². The molecule has 3 N–H and O–H groups in total. The van der Waals surface area contributed by atoms with Crippen LogP contribution in [0.15, 0.2) is 4.99 Å². The molecule has 10 heteroatoms. The normalized spacial score (nSPS) is 12.1. The minimum atomic E-state index is -3.00. The molecular weight excluding hydrogens is 423 g/mol. The lowest BCUT2D eigenvalue weighted by Gasteiger charge is -2.19. The number of rotatable bonds is 6. The topological polar surface area (TPSA) is 109 Å². The number of sulfone groups is 1. The smallest absolute Gasteiger partial charge is 0.407 e. The number of nitrogens with one attached hydrogen (secondary N) is 3. The maximum Gasteiger partial charge on any atom is 0.407 e. The summed E-state index contributed by atoms with van der Waals surface area (Å²) in [6.07, 6.45) is 0.694. The van der Waals surface area contributed by atoms with Gasteiger partial charge in [-0.05, 0) is 20.8 Å². The van der Waals surface area contributed by atoms with Crippen molar-refractivity contribution in [2.75, 3.05) is 38.7 Å². The van der Waals surface area contributed by atoms with Gasteiger partial charge in [-0.2, -0.15) is 0 Å². The van der Waals surface area contributed by atoms with Crippen molar-refractivity contribution in [2.45, 2.75) is 26.4 Å². The third-order valence-corrected chi connectivity index (χ3v) is 3.02. The van der Waals surface area contributed by atoms with E-state index in [1.807, 2.05) is 0 Å². The van der Waals surface area contributed by atoms with E-state index in [-0.39, 0.29) is 36.3 Å². The third kappa shape index (κ3) is 15.6. The van der Waals surface area contributed by atoms with Crippen LogP contribution in [-0.2, 0) is 14.6 Å². The standard InChI is InChI=1S/C12H26N4O4S.HI/c1-12(2,3)20-11(17)16-7-6-14-10(13-4)15-8-9-21(5,18)19;/h6-9H2,1-5H3,(H,16,17)(H2,13,14,15);1H. The van der Waals surface area contributed by atoms with Crippen LogP contribution in [0.25, 0.3) is 0 Å². The molecule has 8 nitrogen and oxygen atoms in total. The van der Waals surface area contributed by atoms with E-state index in [2.05, 4.69) is 20.9 Å². The van der Waals surface area contributed by atoms with Gasteiger partial charge in [0.2, 0.25) is 0 Å². The summed E-state index contributed by atoms with van der Waals surface area (Å²) in [4.78, 5) is 15.3. The molecule has 0 aliphatic carbocycles. The highest BCUT2D eigenvalue weighted by Gasteiger charge is 2.15. The van der Waals surface area contributed by atoms with Gasteiger partial charge in [0.1, 0.15) is 15.4 Å². The lowest BCUT2D eigenvalue weighted by molar-refractivity contribution is 0.0529. The molecule has 0 fully saturated rings. The Morgan fingerprint density at radius 1 is 1.09 bits per heavy atom. The minimum Gasteiger partial charge on any atom is -0.444 e. The van der Waals surface area contributed by atoms with E-state index in [0.29, 0.717) is 19.0 Å². The Hall–Kier alpha value is -0.780. The summed E-state index contributed by atoms with van der Waals surface area (Å²) in [5.41, 5.74) is -0.527. The summed E-state index contributed by atoms with van der Waals surface area (Å²) < 4.78 is 27.1. The first kappa shape index (κ1) is 23.5. The summed E-state index contributed by atoms with van der Waals surface area (Å²) in [5, 5.41) is 8.41. The molecule has 0 aromatic carbocycles. The highest BCUT2D eigenvalue weighted by molar-refractivity contribution is 14.0. The van der Waals surface area contributed by atoms with Crippen molar-refractivity contribution >= 4 is 45.9 Å². The number of halogens is 1. The molecule has 0 atom stereocenters. The summed E-state index contributed by atoms with van der Waals surface area (Å²) in [6, 6.07) is 0. The Labute approximate surface area is 149 Å². The fourth-order valence-corrected chi connectivity index (χ4v) is 1.71. The Kier molecular flexibility index (Phi) is 11.6. The van der Waals surface area contributed by atoms with E-state index in [1.54, 1.807) is 27.8 Å². The van der Waals surface area contributed by atoms with Crippen LogP contribution in [0.3, 0.4) is 0 Å². The Morgan fingerprint density at radius 2 is 1.59 bits per heavy atom. The van der Waals surface area contributed by atoms with Gasteiger partial charge < -0.3 is 20.7 Å². The number of hydrogen-bond acceptors (Lipinski definition) is 5. The van der Waals surface area contributed by atoms with Gasteiger partial charge in [-0.15, -0.1) is 24.0 Å². The maximum atomic E-state index is 11.4. The molecule has 0 aromatic heterocycles. The summed E-state index contributed by atoms with van der Waals surface area (Å²) in [7, 11) is -1.42. The van der Waals surface area contributed by atoms with Crippen molar-refractivity contribution in [3.63, 3.8) is 0 Å². The van der Waals surface area contributed by atoms with Crippen molar-refractivity contribution in [3.8, 4) is 0 Å². The maximum absolute atomic E-state index is 11.4. The largest absolute Gasteiger partial charge is 0.444 e. The van der Waals surface area contributed by atoms with Gasteiger partial charge in [-0.1, -0.05) is 0 Å². The number of ether oxygens (including phenoxy) is 1. The van der Waals surface area contributed by atoms with E-state index < -0.39 is 21.5 Å². The molecule has 0 bridgehead atoms. The van der Waals surface area contributed by atoms with Gasteiger partial charge in [0.05, 0.1) is 5.75 Å². The molecule has 0 radical (unpaired) electrons. The van der Waals surface area contributed by atoms with Gasteiger partial charge in [0.25, 0.3) is 0 Å². The first-order chi connectivity index (χ1) is 9.53. The molecular formula is C12H27IN4O4S. The first-order valence-electron chi connectivity index (χ1n) is 6.62. The van der Waals surface area contributed by atoms with Crippen LogP contribution in [-0.4, -0.2) is 64.8 Å². The van der Waals surface area contributed by atoms with Gasteiger partial charge in [-0.25, -0.2) is 13.2 Å². The lowest BCUT2D eigenvalue weighted by Crippen LogP contribution is -2.43. The van der Waals surface area contributed by atoms with Crippen LogP contribution in [0.5, 0.6) is 0 Å². The minimum absolute atomic E-state index is 0. The zero-order valence-corrected chi connectivity index (χ0v) is 16.9. The molecule has 1 amide bonds. The Bertz CT molecular complexity index is 460. The quantitative estimate of drug-likeness (QED) is 0.233. The zero-order valence-electron chi connectivity index (χ0n) is 13.7. The molecule has 0 heterocycles. The van der Waals surface area contributed by atoms with E-state index in [0.717, 1.165) is 0 Å². The van der Waals surface area contributed by atoms with Gasteiger partial charge in [0.15, 0.2) is 5.96 Å². The highest BCUT2D eigenvalue weighted by atomic mass is 127. The molecule has 0 rings (SSSR count). The predicted molar refractivity (Wildman–Crippen MR) is 98.7 cm³/mol. The monoisotopic (exact) mass is 450 g/mol. The summed E-state index contributed by atoms with van der Waals surface area (Å²) in [6.45, 7) is 6.45. The molecule has 0 aromatic rings. The molecule has 0 saturated carbocycles. The number of guanidine groups is 1. The molecule has 0 unspecified atom stereocenters. The van der Waals surface area contributed by atoms with Gasteiger partial charge >= 0.3 is 6.09 Å². The second-order valence-corrected chi connectivity index (χ2v) is 7.74. The SMILES string of the molecule is CN=C(NCCNC(=O)OC(C)(C)C)NCCS(C)(=O)=O.I. The summed E-state index contributed by atoms with van der Waals surface area (Å²) >= 11 is 0. The highest BCUT2D eigenvalue weighted by Crippen LogP contribution is 2.05. The van der Waals surface area contributed by atoms with Crippen molar-refractivity contribution in [1.82, 2.24) is 16.0 Å². The molecule has 0 aliphatic rings. The van der Waals surface area contributed by atoms with E-state index >= 15 is 0 Å². The van der Waals surface area contributed by atoms with Gasteiger partial charge in [-0.3, -0.25) is 4.99 Å². The van der Waals surface area contributed by atoms with Crippen LogP contribution in [0.2, 0.25) is 0 Å². The lowest BCUT2D eigenvalue weighted by atomic mass is 10.2. The molecule has 0 saturated heterocycles. The Morgan fingerprint density at radius 3 is 2.05 bits per heavy atom. The van der Waals surface area contributed by atoms with Crippen molar-refractivity contribution in [2.24, 2.45) is 4.99 Å². The number of nitrogens with zero attached hydrogens (tertiary/aromatic N) is 1. The van der Waals surface area contributed by atoms with E-state index in [9.17, 15) is 13.2 Å². The first-order valence-corrected chi connectivity index (χ1v) is 8.68. The number of carbonyl (C=O) groups is 1. The number of hydrogen-bond donors (Lipinski definition) is 3.